The molecule has 0 bridgehead atoms. The highest BCUT2D eigenvalue weighted by atomic mass is 16.3. The number of amides is 2. The molecule has 0 radical (unpaired) electrons. The fourth-order valence-corrected chi connectivity index (χ4v) is 4.10. The van der Waals surface area contributed by atoms with Crippen LogP contribution in [0, 0.1) is 0 Å². The van der Waals surface area contributed by atoms with Crippen LogP contribution in [-0.2, 0) is 11.2 Å². The summed E-state index contributed by atoms with van der Waals surface area (Å²) in [6.45, 7) is 2.08. The van der Waals surface area contributed by atoms with Gasteiger partial charge in [-0.05, 0) is 55.2 Å². The summed E-state index contributed by atoms with van der Waals surface area (Å²) in [5.74, 6) is -0.397. The minimum atomic E-state index is -0.862. The van der Waals surface area contributed by atoms with Crippen molar-refractivity contribution in [2.24, 2.45) is 0 Å². The molecule has 6 nitrogen and oxygen atoms in total. The molecule has 2 heterocycles. The predicted octanol–water partition coefficient (Wildman–Crippen LogP) is 4.68. The van der Waals surface area contributed by atoms with Crippen LogP contribution in [0.1, 0.15) is 60.3 Å². The maximum atomic E-state index is 13.5. The summed E-state index contributed by atoms with van der Waals surface area (Å²) in [5.41, 5.74) is 2.44. The smallest absolute Gasteiger partial charge is 0.294 e. The van der Waals surface area contributed by atoms with Crippen LogP contribution >= 0.6 is 0 Å². The van der Waals surface area contributed by atoms with Gasteiger partial charge in [0.05, 0.1) is 6.26 Å². The van der Waals surface area contributed by atoms with Gasteiger partial charge in [-0.15, -0.1) is 0 Å². The Hall–Kier alpha value is -3.41. The van der Waals surface area contributed by atoms with E-state index in [1.165, 1.54) is 11.2 Å². The first kappa shape index (κ1) is 20.8. The first-order chi connectivity index (χ1) is 15.2. The Morgan fingerprint density at radius 2 is 1.90 bits per heavy atom. The van der Waals surface area contributed by atoms with Crippen molar-refractivity contribution < 1.29 is 14.0 Å². The second-order valence-corrected chi connectivity index (χ2v) is 7.85. The average Bonchev–Trinajstić information content (AvgIpc) is 3.52. The highest BCUT2D eigenvalue weighted by Gasteiger charge is 2.35. The highest BCUT2D eigenvalue weighted by Crippen LogP contribution is 2.31. The van der Waals surface area contributed by atoms with Crippen molar-refractivity contribution in [3.05, 3.63) is 84.1 Å². The molecule has 3 aromatic rings. The predicted molar refractivity (Wildman–Crippen MR) is 119 cm³/mol. The third-order valence-corrected chi connectivity index (χ3v) is 5.78. The van der Waals surface area contributed by atoms with Crippen molar-refractivity contribution in [3.63, 3.8) is 0 Å². The van der Waals surface area contributed by atoms with Crippen LogP contribution in [-0.4, -0.2) is 22.8 Å². The zero-order valence-electron chi connectivity index (χ0n) is 17.7. The number of aromatic nitrogens is 1. The van der Waals surface area contributed by atoms with Crippen molar-refractivity contribution in [1.29, 1.82) is 0 Å². The zero-order chi connectivity index (χ0) is 21.6. The summed E-state index contributed by atoms with van der Waals surface area (Å²) in [4.78, 5) is 32.8. The van der Waals surface area contributed by atoms with Crippen LogP contribution in [0.4, 0.5) is 5.69 Å². The van der Waals surface area contributed by atoms with Crippen LogP contribution in [0.3, 0.4) is 0 Å². The van der Waals surface area contributed by atoms with Crippen molar-refractivity contribution >= 4 is 17.5 Å². The molecule has 1 aromatic carbocycles. The Morgan fingerprint density at radius 1 is 1.13 bits per heavy atom. The van der Waals surface area contributed by atoms with E-state index in [2.05, 4.69) is 17.2 Å². The van der Waals surface area contributed by atoms with E-state index in [0.717, 1.165) is 37.7 Å². The molecule has 0 aliphatic heterocycles. The van der Waals surface area contributed by atoms with Gasteiger partial charge in [0.2, 0.25) is 5.91 Å². The standard InChI is InChI=1S/C25H27N3O3/c1-2-18-11-13-21(14-12-18)28(25(30)22-10-6-16-31-22)23(19-7-5-15-26-17-19)24(29)27-20-8-3-4-9-20/h5-7,10-17,20,23H,2-4,8-9H2,1H3,(H,27,29)/t23-/m0/s1. The summed E-state index contributed by atoms with van der Waals surface area (Å²) in [7, 11) is 0. The van der Waals surface area contributed by atoms with E-state index in [-0.39, 0.29) is 23.6 Å². The van der Waals surface area contributed by atoms with Gasteiger partial charge in [-0.2, -0.15) is 0 Å². The largest absolute Gasteiger partial charge is 0.459 e. The van der Waals surface area contributed by atoms with E-state index in [1.807, 2.05) is 30.3 Å². The molecule has 1 atom stereocenters. The van der Waals surface area contributed by atoms with Crippen LogP contribution in [0.5, 0.6) is 0 Å². The summed E-state index contributed by atoms with van der Waals surface area (Å²) in [6.07, 6.45) is 9.79. The average molecular weight is 418 g/mol. The Bertz CT molecular complexity index is 994. The second kappa shape index (κ2) is 9.60. The summed E-state index contributed by atoms with van der Waals surface area (Å²) < 4.78 is 5.40. The highest BCUT2D eigenvalue weighted by molar-refractivity contribution is 6.08. The number of nitrogens with zero attached hydrogens (tertiary/aromatic N) is 2. The lowest BCUT2D eigenvalue weighted by atomic mass is 10.0. The van der Waals surface area contributed by atoms with E-state index < -0.39 is 6.04 Å². The van der Waals surface area contributed by atoms with Crippen LogP contribution in [0.15, 0.2) is 71.6 Å². The minimum absolute atomic E-state index is 0.134. The third-order valence-electron chi connectivity index (χ3n) is 5.78. The molecule has 0 unspecified atom stereocenters. The number of hydrogen-bond donors (Lipinski definition) is 1. The number of pyridine rings is 1. The number of rotatable bonds is 7. The summed E-state index contributed by atoms with van der Waals surface area (Å²) in [5, 5.41) is 3.16. The molecule has 0 spiro atoms. The number of hydrogen-bond acceptors (Lipinski definition) is 4. The minimum Gasteiger partial charge on any atom is -0.459 e. The Balaban J connectivity index is 1.77. The van der Waals surface area contributed by atoms with E-state index in [0.29, 0.717) is 11.3 Å². The molecular weight excluding hydrogens is 390 g/mol. The molecule has 1 fully saturated rings. The quantitative estimate of drug-likeness (QED) is 0.605. The molecule has 1 saturated carbocycles. The van der Waals surface area contributed by atoms with Crippen LogP contribution in [0.2, 0.25) is 0 Å². The number of nitrogens with one attached hydrogen (secondary N) is 1. The van der Waals surface area contributed by atoms with E-state index in [1.54, 1.807) is 30.6 Å². The fraction of sp³-hybridized carbons (Fsp3) is 0.320. The van der Waals surface area contributed by atoms with E-state index in [9.17, 15) is 9.59 Å². The lowest BCUT2D eigenvalue weighted by Gasteiger charge is -2.31. The maximum Gasteiger partial charge on any atom is 0.294 e. The monoisotopic (exact) mass is 417 g/mol. The number of benzene rings is 1. The van der Waals surface area contributed by atoms with E-state index in [4.69, 9.17) is 4.42 Å². The van der Waals surface area contributed by atoms with E-state index >= 15 is 0 Å². The van der Waals surface area contributed by atoms with Crippen molar-refractivity contribution in [2.45, 2.75) is 51.1 Å². The normalized spacial score (nSPS) is 14.9. The lowest BCUT2D eigenvalue weighted by Crippen LogP contribution is -2.46. The van der Waals surface area contributed by atoms with Crippen LogP contribution < -0.4 is 10.2 Å². The summed E-state index contributed by atoms with van der Waals surface area (Å²) >= 11 is 0. The molecule has 4 rings (SSSR count). The number of furan rings is 1. The SMILES string of the molecule is CCc1ccc(N(C(=O)c2ccco2)[C@H](C(=O)NC2CCCC2)c2cccnc2)cc1. The van der Waals surface area contributed by atoms with Crippen LogP contribution in [0.25, 0.3) is 0 Å². The molecule has 6 heteroatoms. The zero-order valence-corrected chi connectivity index (χ0v) is 17.7. The fourth-order valence-electron chi connectivity index (χ4n) is 4.10. The van der Waals surface area contributed by atoms with Gasteiger partial charge in [-0.1, -0.05) is 38.0 Å². The molecule has 0 saturated heterocycles. The van der Waals surface area contributed by atoms with Crippen molar-refractivity contribution in [2.75, 3.05) is 4.90 Å². The van der Waals surface area contributed by atoms with Gasteiger partial charge >= 0.3 is 0 Å². The second-order valence-electron chi connectivity index (χ2n) is 7.85. The Morgan fingerprint density at radius 3 is 2.52 bits per heavy atom. The Labute approximate surface area is 182 Å². The Kier molecular flexibility index (Phi) is 6.46. The molecule has 160 valence electrons. The third kappa shape index (κ3) is 4.68. The maximum absolute atomic E-state index is 13.5. The number of carbonyl (C=O) groups excluding carboxylic acids is 2. The molecule has 2 aromatic heterocycles. The van der Waals surface area contributed by atoms with Crippen molar-refractivity contribution in [1.82, 2.24) is 10.3 Å². The van der Waals surface area contributed by atoms with Gasteiger partial charge in [0.15, 0.2) is 5.76 Å². The molecule has 1 N–H and O–H groups in total. The number of aryl methyl sites for hydroxylation is 1. The molecule has 1 aliphatic rings. The summed E-state index contributed by atoms with van der Waals surface area (Å²) in [6, 6.07) is 13.9. The molecular formula is C25H27N3O3. The van der Waals surface area contributed by atoms with Gasteiger partial charge in [-0.3, -0.25) is 19.5 Å². The topological polar surface area (TPSA) is 75.4 Å². The van der Waals surface area contributed by atoms with Gasteiger partial charge in [0.1, 0.15) is 6.04 Å². The molecule has 1 aliphatic carbocycles. The van der Waals surface area contributed by atoms with Gasteiger partial charge in [0, 0.05) is 29.7 Å². The number of carbonyl (C=O) groups is 2. The van der Waals surface area contributed by atoms with Gasteiger partial charge in [-0.25, -0.2) is 0 Å². The first-order valence-corrected chi connectivity index (χ1v) is 10.8. The molecule has 2 amide bonds. The first-order valence-electron chi connectivity index (χ1n) is 10.8. The number of anilines is 1. The molecule has 31 heavy (non-hydrogen) atoms. The van der Waals surface area contributed by atoms with Gasteiger partial charge in [0.25, 0.3) is 5.91 Å². The van der Waals surface area contributed by atoms with Gasteiger partial charge < -0.3 is 9.73 Å². The lowest BCUT2D eigenvalue weighted by molar-refractivity contribution is -0.123. The van der Waals surface area contributed by atoms with Crippen molar-refractivity contribution in [3.8, 4) is 0 Å².